The second-order valence-corrected chi connectivity index (χ2v) is 10.5. The molecule has 1 fully saturated rings. The number of nitrogens with zero attached hydrogens (tertiary/aromatic N) is 2. The van der Waals surface area contributed by atoms with Gasteiger partial charge in [0.2, 0.25) is 11.8 Å². The number of hydrazone groups is 1. The lowest BCUT2D eigenvalue weighted by Gasteiger charge is -2.52. The molecule has 37 heavy (non-hydrogen) atoms. The third kappa shape index (κ3) is 2.92. The molecule has 0 radical (unpaired) electrons. The van der Waals surface area contributed by atoms with Gasteiger partial charge in [0.1, 0.15) is 0 Å². The molecule has 6 nitrogen and oxygen atoms in total. The van der Waals surface area contributed by atoms with E-state index in [-0.39, 0.29) is 23.6 Å². The van der Waals surface area contributed by atoms with Gasteiger partial charge in [-0.3, -0.25) is 14.4 Å². The van der Waals surface area contributed by atoms with Gasteiger partial charge in [-0.25, -0.2) is 10.3 Å². The Bertz CT molecular complexity index is 1550. The summed E-state index contributed by atoms with van der Waals surface area (Å²) in [5.41, 5.74) is 6.15. The summed E-state index contributed by atoms with van der Waals surface area (Å²) < 4.78 is 0. The molecule has 7 heteroatoms. The molecule has 0 spiro atoms. The summed E-state index contributed by atoms with van der Waals surface area (Å²) in [6, 6.07) is 28.6. The summed E-state index contributed by atoms with van der Waals surface area (Å²) in [6.45, 7) is 0. The molecule has 2 heterocycles. The molecule has 3 amide bonds. The van der Waals surface area contributed by atoms with Crippen molar-refractivity contribution < 1.29 is 14.4 Å². The van der Waals surface area contributed by atoms with Gasteiger partial charge in [-0.15, -0.1) is 11.3 Å². The van der Waals surface area contributed by atoms with Gasteiger partial charge in [0.25, 0.3) is 5.91 Å². The van der Waals surface area contributed by atoms with Crippen molar-refractivity contribution in [2.24, 2.45) is 16.9 Å². The first kappa shape index (κ1) is 21.9. The number of thiophene rings is 1. The quantitative estimate of drug-likeness (QED) is 0.249. The van der Waals surface area contributed by atoms with E-state index in [1.807, 2.05) is 78.2 Å². The van der Waals surface area contributed by atoms with Crippen LogP contribution in [0.5, 0.6) is 0 Å². The molecule has 4 aliphatic rings. The molecule has 180 valence electrons. The summed E-state index contributed by atoms with van der Waals surface area (Å²) in [5, 5.41) is 6.27. The van der Waals surface area contributed by atoms with Gasteiger partial charge in [0.15, 0.2) is 0 Å². The largest absolute Gasteiger partial charge is 0.281 e. The highest BCUT2D eigenvalue weighted by atomic mass is 32.1. The van der Waals surface area contributed by atoms with Gasteiger partial charge in [-0.05, 0) is 45.8 Å². The molecule has 8 rings (SSSR count). The summed E-state index contributed by atoms with van der Waals surface area (Å²) in [6.07, 6.45) is 1.68. The zero-order valence-corrected chi connectivity index (χ0v) is 20.4. The Morgan fingerprint density at radius 2 is 1.49 bits per heavy atom. The van der Waals surface area contributed by atoms with Crippen LogP contribution in [0.1, 0.15) is 37.8 Å². The lowest BCUT2D eigenvalue weighted by molar-refractivity contribution is -0.122. The van der Waals surface area contributed by atoms with E-state index in [1.165, 1.54) is 16.2 Å². The number of hydrogen-bond acceptors (Lipinski definition) is 5. The van der Waals surface area contributed by atoms with Crippen LogP contribution in [-0.4, -0.2) is 23.9 Å². The van der Waals surface area contributed by atoms with E-state index >= 15 is 0 Å². The predicted molar refractivity (Wildman–Crippen MR) is 142 cm³/mol. The van der Waals surface area contributed by atoms with Gasteiger partial charge in [0.05, 0.1) is 27.8 Å². The van der Waals surface area contributed by atoms with E-state index in [0.717, 1.165) is 22.3 Å². The topological polar surface area (TPSA) is 78.8 Å². The molecule has 0 unspecified atom stereocenters. The van der Waals surface area contributed by atoms with Gasteiger partial charge < -0.3 is 0 Å². The maximum Gasteiger partial charge on any atom is 0.281 e. The highest BCUT2D eigenvalue weighted by Gasteiger charge is 2.68. The van der Waals surface area contributed by atoms with Crippen LogP contribution in [0, 0.1) is 11.8 Å². The zero-order valence-electron chi connectivity index (χ0n) is 19.6. The Labute approximate surface area is 217 Å². The fourth-order valence-corrected chi connectivity index (χ4v) is 7.15. The molecule has 1 N–H and O–H groups in total. The normalized spacial score (nSPS) is 25.2. The smallest absolute Gasteiger partial charge is 0.274 e. The lowest BCUT2D eigenvalue weighted by atomic mass is 9.47. The summed E-state index contributed by atoms with van der Waals surface area (Å²) in [7, 11) is 0. The summed E-state index contributed by atoms with van der Waals surface area (Å²) in [5.74, 6) is -2.25. The van der Waals surface area contributed by atoms with Crippen molar-refractivity contribution in [2.75, 3.05) is 4.90 Å². The molecular weight excluding hydrogens is 482 g/mol. The monoisotopic (exact) mass is 503 g/mol. The first-order valence-corrected chi connectivity index (χ1v) is 13.0. The average molecular weight is 504 g/mol. The second-order valence-electron chi connectivity index (χ2n) is 9.55. The van der Waals surface area contributed by atoms with Crippen LogP contribution >= 0.6 is 11.3 Å². The van der Waals surface area contributed by atoms with Crippen molar-refractivity contribution in [3.8, 4) is 0 Å². The van der Waals surface area contributed by atoms with Crippen LogP contribution in [0.25, 0.3) is 0 Å². The first-order chi connectivity index (χ1) is 18.1. The minimum atomic E-state index is -1.01. The number of carbonyl (C=O) groups is 3. The SMILES string of the molecule is O=C(N/N=C\C12c3ccccc3C(c3ccccc31)[C@H]1C(=O)N(c3ccccc3)C(=O)[C@H]12)c1cccs1. The number of hydrogen-bond donors (Lipinski definition) is 1. The zero-order chi connectivity index (χ0) is 25.1. The molecule has 1 aromatic heterocycles. The standard InChI is InChI=1S/C30H21N3O3S/c34-27(23-15-8-16-37-23)32-31-17-30-21-13-6-4-11-19(21)24(20-12-5-7-14-22(20)30)25-26(30)29(36)33(28(25)35)18-9-2-1-3-10-18/h1-17,24-26H,(H,32,34)/b31-17-/t24?,25-,26+,30?/m1/s1. The number of para-hydroxylation sites is 1. The molecular formula is C30H21N3O3S. The van der Waals surface area contributed by atoms with Crippen LogP contribution in [-0.2, 0) is 15.0 Å². The van der Waals surface area contributed by atoms with Gasteiger partial charge in [-0.2, -0.15) is 5.10 Å². The third-order valence-corrected chi connectivity index (χ3v) is 8.75. The van der Waals surface area contributed by atoms with E-state index < -0.39 is 17.3 Å². The lowest BCUT2D eigenvalue weighted by Crippen LogP contribution is -2.54. The van der Waals surface area contributed by atoms with Crippen molar-refractivity contribution in [1.82, 2.24) is 5.43 Å². The van der Waals surface area contributed by atoms with Crippen LogP contribution in [0.15, 0.2) is 101 Å². The summed E-state index contributed by atoms with van der Waals surface area (Å²) in [4.78, 5) is 42.8. The number of rotatable bonds is 4. The molecule has 2 atom stereocenters. The minimum Gasteiger partial charge on any atom is -0.274 e. The molecule has 0 saturated carbocycles. The fourth-order valence-electron chi connectivity index (χ4n) is 6.54. The molecule has 1 aliphatic heterocycles. The van der Waals surface area contributed by atoms with E-state index in [4.69, 9.17) is 0 Å². The number of imide groups is 1. The second kappa shape index (κ2) is 8.08. The fraction of sp³-hybridized carbons (Fsp3) is 0.133. The highest BCUT2D eigenvalue weighted by molar-refractivity contribution is 7.12. The van der Waals surface area contributed by atoms with Crippen molar-refractivity contribution in [3.63, 3.8) is 0 Å². The van der Waals surface area contributed by atoms with Gasteiger partial charge in [0, 0.05) is 12.1 Å². The van der Waals surface area contributed by atoms with Crippen LogP contribution in [0.3, 0.4) is 0 Å². The van der Waals surface area contributed by atoms with Crippen molar-refractivity contribution in [2.45, 2.75) is 11.3 Å². The van der Waals surface area contributed by atoms with Gasteiger partial charge >= 0.3 is 0 Å². The maximum atomic E-state index is 14.2. The van der Waals surface area contributed by atoms with E-state index in [9.17, 15) is 14.4 Å². The number of carbonyl (C=O) groups excluding carboxylic acids is 3. The van der Waals surface area contributed by atoms with Gasteiger partial charge in [-0.1, -0.05) is 72.8 Å². The Balaban J connectivity index is 1.44. The van der Waals surface area contributed by atoms with Crippen LogP contribution in [0.2, 0.25) is 0 Å². The number of benzene rings is 3. The minimum absolute atomic E-state index is 0.199. The summed E-state index contributed by atoms with van der Waals surface area (Å²) >= 11 is 1.33. The molecule has 4 aromatic rings. The Morgan fingerprint density at radius 1 is 0.838 bits per heavy atom. The molecule has 3 aromatic carbocycles. The van der Waals surface area contributed by atoms with Crippen molar-refractivity contribution in [1.29, 1.82) is 0 Å². The Kier molecular flexibility index (Phi) is 4.78. The number of nitrogens with one attached hydrogen (secondary N) is 1. The van der Waals surface area contributed by atoms with E-state index in [2.05, 4.69) is 10.5 Å². The van der Waals surface area contributed by atoms with E-state index in [1.54, 1.807) is 24.4 Å². The van der Waals surface area contributed by atoms with Crippen molar-refractivity contribution >= 4 is 41.0 Å². The molecule has 1 saturated heterocycles. The first-order valence-electron chi connectivity index (χ1n) is 12.1. The number of anilines is 1. The average Bonchev–Trinajstić information content (AvgIpc) is 3.57. The van der Waals surface area contributed by atoms with Crippen molar-refractivity contribution in [3.05, 3.63) is 124 Å². The predicted octanol–water partition coefficient (Wildman–Crippen LogP) is 4.71. The number of amides is 3. The highest BCUT2D eigenvalue weighted by Crippen LogP contribution is 2.63. The third-order valence-electron chi connectivity index (χ3n) is 7.88. The van der Waals surface area contributed by atoms with E-state index in [0.29, 0.717) is 10.6 Å². The molecule has 3 aliphatic carbocycles. The Hall–Kier alpha value is -4.36. The van der Waals surface area contributed by atoms with Crippen LogP contribution in [0.4, 0.5) is 5.69 Å². The maximum absolute atomic E-state index is 14.2. The van der Waals surface area contributed by atoms with Crippen LogP contribution < -0.4 is 10.3 Å². The molecule has 2 bridgehead atoms. The Morgan fingerprint density at radius 3 is 2.14 bits per heavy atom.